The Morgan fingerprint density at radius 1 is 1.47 bits per heavy atom. The van der Waals surface area contributed by atoms with Crippen molar-refractivity contribution in [1.29, 1.82) is 0 Å². The van der Waals surface area contributed by atoms with Gasteiger partial charge in [0.15, 0.2) is 0 Å². The Morgan fingerprint density at radius 3 is 2.93 bits per heavy atom. The molecule has 1 fully saturated rings. The highest BCUT2D eigenvalue weighted by atomic mass is 32.1. The zero-order valence-corrected chi connectivity index (χ0v) is 9.42. The molecule has 3 N–H and O–H groups in total. The molecule has 1 saturated carbocycles. The Hall–Kier alpha value is -0.720. The van der Waals surface area contributed by atoms with Crippen molar-refractivity contribution in [3.05, 3.63) is 5.01 Å². The van der Waals surface area contributed by atoms with Crippen LogP contribution in [-0.2, 0) is 11.3 Å². The number of nitrogen functional groups attached to an aromatic ring is 1. The Bertz CT molecular complexity index is 300. The van der Waals surface area contributed by atoms with E-state index in [1.807, 2.05) is 0 Å². The molecule has 0 atom stereocenters. The summed E-state index contributed by atoms with van der Waals surface area (Å²) in [6.45, 7) is 1.38. The van der Waals surface area contributed by atoms with Gasteiger partial charge < -0.3 is 4.74 Å². The van der Waals surface area contributed by atoms with E-state index in [-0.39, 0.29) is 0 Å². The van der Waals surface area contributed by atoms with Crippen molar-refractivity contribution in [2.24, 2.45) is 11.8 Å². The average molecular weight is 228 g/mol. The van der Waals surface area contributed by atoms with Gasteiger partial charge in [0.25, 0.3) is 0 Å². The van der Waals surface area contributed by atoms with Crippen LogP contribution >= 0.6 is 11.3 Å². The van der Waals surface area contributed by atoms with Gasteiger partial charge in [-0.2, -0.15) is 0 Å². The van der Waals surface area contributed by atoms with Crippen LogP contribution in [0.4, 0.5) is 5.13 Å². The predicted octanol–water partition coefficient (Wildman–Crippen LogP) is 1.53. The highest BCUT2D eigenvalue weighted by Crippen LogP contribution is 2.29. The van der Waals surface area contributed by atoms with Crippen LogP contribution < -0.4 is 11.3 Å². The lowest BCUT2D eigenvalue weighted by molar-refractivity contribution is 0.0945. The molecule has 0 saturated heterocycles. The molecule has 0 radical (unpaired) electrons. The molecule has 1 aliphatic rings. The largest absolute Gasteiger partial charge is 0.374 e. The summed E-state index contributed by atoms with van der Waals surface area (Å²) in [6, 6.07) is 0. The quantitative estimate of drug-likeness (QED) is 0.439. The first-order chi connectivity index (χ1) is 7.38. The number of aromatic nitrogens is 2. The van der Waals surface area contributed by atoms with Crippen molar-refractivity contribution < 1.29 is 4.74 Å². The minimum atomic E-state index is 0.548. The monoisotopic (exact) mass is 228 g/mol. The summed E-state index contributed by atoms with van der Waals surface area (Å²) in [5, 5.41) is 9.27. The second-order valence-corrected chi connectivity index (χ2v) is 4.85. The molecule has 1 aliphatic carbocycles. The molecule has 0 unspecified atom stereocenters. The first kappa shape index (κ1) is 10.8. The molecular formula is C9H16N4OS. The molecule has 0 bridgehead atoms. The molecule has 1 aromatic heterocycles. The normalized spacial score (nSPS) is 16.3. The molecular weight excluding hydrogens is 212 g/mol. The van der Waals surface area contributed by atoms with Crippen molar-refractivity contribution >= 4 is 16.5 Å². The Balaban J connectivity index is 1.60. The van der Waals surface area contributed by atoms with Gasteiger partial charge in [-0.1, -0.05) is 30.6 Å². The third-order valence-electron chi connectivity index (χ3n) is 2.71. The number of hydrogen-bond acceptors (Lipinski definition) is 6. The van der Waals surface area contributed by atoms with E-state index in [2.05, 4.69) is 15.6 Å². The van der Waals surface area contributed by atoms with Gasteiger partial charge in [-0.15, -0.1) is 10.2 Å². The second-order valence-electron chi connectivity index (χ2n) is 3.78. The average Bonchev–Trinajstić information content (AvgIpc) is 2.62. The lowest BCUT2D eigenvalue weighted by atomic mass is 9.83. The summed E-state index contributed by atoms with van der Waals surface area (Å²) in [5.74, 6) is 6.10. The minimum Gasteiger partial charge on any atom is -0.374 e. The van der Waals surface area contributed by atoms with Crippen LogP contribution in [0, 0.1) is 5.92 Å². The van der Waals surface area contributed by atoms with E-state index in [1.165, 1.54) is 37.0 Å². The number of nitrogens with two attached hydrogens (primary N) is 1. The van der Waals surface area contributed by atoms with Crippen LogP contribution in [0.1, 0.15) is 30.7 Å². The van der Waals surface area contributed by atoms with E-state index < -0.39 is 0 Å². The summed E-state index contributed by atoms with van der Waals surface area (Å²) in [7, 11) is 0. The van der Waals surface area contributed by atoms with Gasteiger partial charge in [0, 0.05) is 6.61 Å². The van der Waals surface area contributed by atoms with Gasteiger partial charge in [-0.3, -0.25) is 5.43 Å². The maximum atomic E-state index is 5.52. The molecule has 0 spiro atoms. The smallest absolute Gasteiger partial charge is 0.219 e. The van der Waals surface area contributed by atoms with E-state index in [1.54, 1.807) is 0 Å². The van der Waals surface area contributed by atoms with Crippen molar-refractivity contribution in [3.63, 3.8) is 0 Å². The highest BCUT2D eigenvalue weighted by molar-refractivity contribution is 7.15. The van der Waals surface area contributed by atoms with Crippen LogP contribution in [0.25, 0.3) is 0 Å². The molecule has 5 nitrogen and oxygen atoms in total. The summed E-state index contributed by atoms with van der Waals surface area (Å²) < 4.78 is 5.52. The van der Waals surface area contributed by atoms with Crippen LogP contribution in [0.5, 0.6) is 0 Å². The Morgan fingerprint density at radius 2 is 2.33 bits per heavy atom. The zero-order valence-electron chi connectivity index (χ0n) is 8.61. The van der Waals surface area contributed by atoms with Gasteiger partial charge in [0.1, 0.15) is 11.6 Å². The molecule has 6 heteroatoms. The minimum absolute atomic E-state index is 0.548. The highest BCUT2D eigenvalue weighted by Gasteiger charge is 2.16. The SMILES string of the molecule is NNc1nnc(COCCC2CCC2)s1. The van der Waals surface area contributed by atoms with E-state index in [0.29, 0.717) is 11.7 Å². The molecule has 15 heavy (non-hydrogen) atoms. The molecule has 84 valence electrons. The molecule has 2 rings (SSSR count). The van der Waals surface area contributed by atoms with E-state index in [4.69, 9.17) is 10.6 Å². The third-order valence-corrected chi connectivity index (χ3v) is 3.54. The predicted molar refractivity (Wildman–Crippen MR) is 59.3 cm³/mol. The molecule has 0 aliphatic heterocycles. The van der Waals surface area contributed by atoms with Gasteiger partial charge in [-0.05, 0) is 12.3 Å². The maximum absolute atomic E-state index is 5.52. The number of hydrogen-bond donors (Lipinski definition) is 2. The summed E-state index contributed by atoms with van der Waals surface area (Å²) in [4.78, 5) is 0. The van der Waals surface area contributed by atoms with Crippen molar-refractivity contribution in [3.8, 4) is 0 Å². The van der Waals surface area contributed by atoms with Gasteiger partial charge in [0.2, 0.25) is 5.13 Å². The second kappa shape index (κ2) is 5.39. The maximum Gasteiger partial charge on any atom is 0.219 e. The summed E-state index contributed by atoms with van der Waals surface area (Å²) in [6.07, 6.45) is 5.33. The van der Waals surface area contributed by atoms with Crippen LogP contribution in [0.3, 0.4) is 0 Å². The van der Waals surface area contributed by atoms with Gasteiger partial charge >= 0.3 is 0 Å². The van der Waals surface area contributed by atoms with Crippen LogP contribution in [-0.4, -0.2) is 16.8 Å². The van der Waals surface area contributed by atoms with E-state index >= 15 is 0 Å². The summed E-state index contributed by atoms with van der Waals surface area (Å²) >= 11 is 1.43. The number of hydrazine groups is 1. The topological polar surface area (TPSA) is 73.1 Å². The lowest BCUT2D eigenvalue weighted by Gasteiger charge is -2.24. The van der Waals surface area contributed by atoms with E-state index in [9.17, 15) is 0 Å². The number of ether oxygens (including phenoxy) is 1. The van der Waals surface area contributed by atoms with Crippen LogP contribution in [0.15, 0.2) is 0 Å². The number of nitrogens with zero attached hydrogens (tertiary/aromatic N) is 2. The molecule has 1 heterocycles. The number of rotatable bonds is 6. The van der Waals surface area contributed by atoms with E-state index in [0.717, 1.165) is 17.5 Å². The molecule has 0 amide bonds. The number of anilines is 1. The molecule has 1 aromatic rings. The van der Waals surface area contributed by atoms with Crippen molar-refractivity contribution in [1.82, 2.24) is 10.2 Å². The number of nitrogens with one attached hydrogen (secondary N) is 1. The Labute approximate surface area is 93.0 Å². The fourth-order valence-corrected chi connectivity index (χ4v) is 2.15. The van der Waals surface area contributed by atoms with Crippen LogP contribution in [0.2, 0.25) is 0 Å². The van der Waals surface area contributed by atoms with Crippen molar-refractivity contribution in [2.45, 2.75) is 32.3 Å². The standard InChI is InChI=1S/C9H16N4OS/c10-11-9-13-12-8(15-9)6-14-5-4-7-2-1-3-7/h7H,1-6,10H2,(H,11,13). The fourth-order valence-electron chi connectivity index (χ4n) is 1.56. The first-order valence-corrected chi connectivity index (χ1v) is 6.07. The fraction of sp³-hybridized carbons (Fsp3) is 0.778. The third kappa shape index (κ3) is 3.12. The first-order valence-electron chi connectivity index (χ1n) is 5.25. The Kier molecular flexibility index (Phi) is 3.87. The summed E-state index contributed by atoms with van der Waals surface area (Å²) in [5.41, 5.74) is 2.46. The van der Waals surface area contributed by atoms with Gasteiger partial charge in [-0.25, -0.2) is 5.84 Å². The van der Waals surface area contributed by atoms with Crippen molar-refractivity contribution in [2.75, 3.05) is 12.0 Å². The van der Waals surface area contributed by atoms with Gasteiger partial charge in [0.05, 0.1) is 0 Å². The molecule has 0 aromatic carbocycles. The zero-order chi connectivity index (χ0) is 10.5. The lowest BCUT2D eigenvalue weighted by Crippen LogP contribution is -2.13.